The van der Waals surface area contributed by atoms with E-state index in [2.05, 4.69) is 0 Å². The van der Waals surface area contributed by atoms with Crippen LogP contribution >= 0.6 is 0 Å². The van der Waals surface area contributed by atoms with Crippen LogP contribution in [0.4, 0.5) is 5.69 Å². The minimum atomic E-state index is -0.835. The molecule has 5 nitrogen and oxygen atoms in total. The van der Waals surface area contributed by atoms with Gasteiger partial charge >= 0.3 is 5.97 Å². The zero-order valence-electron chi connectivity index (χ0n) is 14.0. The quantitative estimate of drug-likeness (QED) is 0.808. The van der Waals surface area contributed by atoms with Crippen LogP contribution in [0.3, 0.4) is 0 Å². The first-order valence-electron chi connectivity index (χ1n) is 8.37. The molecule has 0 radical (unpaired) electrons. The van der Waals surface area contributed by atoms with Crippen LogP contribution < -0.4 is 9.64 Å². The summed E-state index contributed by atoms with van der Waals surface area (Å²) < 4.78 is 10.9. The second-order valence-electron chi connectivity index (χ2n) is 6.42. The van der Waals surface area contributed by atoms with E-state index in [4.69, 9.17) is 9.47 Å². The fourth-order valence-corrected chi connectivity index (χ4v) is 3.88. The lowest BCUT2D eigenvalue weighted by Gasteiger charge is -2.41. The Morgan fingerprint density at radius 2 is 1.80 bits per heavy atom. The predicted octanol–water partition coefficient (Wildman–Crippen LogP) is 2.89. The Hall–Kier alpha value is -2.82. The lowest BCUT2D eigenvalue weighted by Crippen LogP contribution is -2.52. The van der Waals surface area contributed by atoms with Crippen molar-refractivity contribution in [1.82, 2.24) is 0 Å². The first-order chi connectivity index (χ1) is 12.1. The second kappa shape index (κ2) is 5.92. The highest BCUT2D eigenvalue weighted by Crippen LogP contribution is 2.48. The van der Waals surface area contributed by atoms with Gasteiger partial charge in [0.2, 0.25) is 5.91 Å². The maximum Gasteiger partial charge on any atom is 0.307 e. The second-order valence-corrected chi connectivity index (χ2v) is 6.42. The molecule has 2 fully saturated rings. The summed E-state index contributed by atoms with van der Waals surface area (Å²) in [6, 6.07) is 17.0. The fourth-order valence-electron chi connectivity index (χ4n) is 3.88. The van der Waals surface area contributed by atoms with Gasteiger partial charge in [-0.3, -0.25) is 9.59 Å². The minimum Gasteiger partial charge on any atom is -0.497 e. The van der Waals surface area contributed by atoms with Gasteiger partial charge in [0.15, 0.2) is 5.60 Å². The van der Waals surface area contributed by atoms with Crippen LogP contribution in [0.2, 0.25) is 0 Å². The number of hydrogen-bond donors (Lipinski definition) is 0. The van der Waals surface area contributed by atoms with E-state index in [-0.39, 0.29) is 18.3 Å². The SMILES string of the molecule is COc1ccc(N2CC[C@@]3(c4ccccc4)OC(=O)C[C@H]3C2=O)cc1. The molecule has 0 aromatic heterocycles. The van der Waals surface area contributed by atoms with Crippen molar-refractivity contribution in [2.24, 2.45) is 5.92 Å². The molecule has 2 aromatic rings. The molecule has 2 aliphatic heterocycles. The highest BCUT2D eigenvalue weighted by Gasteiger charge is 2.57. The van der Waals surface area contributed by atoms with Crippen LogP contribution in [-0.2, 0) is 19.9 Å². The molecule has 0 bridgehead atoms. The van der Waals surface area contributed by atoms with Crippen LogP contribution in [0.5, 0.6) is 5.75 Å². The molecule has 0 saturated carbocycles. The largest absolute Gasteiger partial charge is 0.497 e. The zero-order valence-corrected chi connectivity index (χ0v) is 14.0. The molecule has 2 heterocycles. The Morgan fingerprint density at radius 3 is 2.48 bits per heavy atom. The average molecular weight is 337 g/mol. The van der Waals surface area contributed by atoms with Gasteiger partial charge in [-0.05, 0) is 29.8 Å². The number of methoxy groups -OCH3 is 1. The molecule has 2 aromatic carbocycles. The summed E-state index contributed by atoms with van der Waals surface area (Å²) in [6.07, 6.45) is 0.714. The van der Waals surface area contributed by atoms with Crippen LogP contribution in [0.1, 0.15) is 18.4 Å². The van der Waals surface area contributed by atoms with Crippen molar-refractivity contribution in [2.45, 2.75) is 18.4 Å². The third kappa shape index (κ3) is 2.47. The van der Waals surface area contributed by atoms with E-state index in [9.17, 15) is 9.59 Å². The van der Waals surface area contributed by atoms with Gasteiger partial charge < -0.3 is 14.4 Å². The maximum absolute atomic E-state index is 13.1. The number of nitrogens with zero attached hydrogens (tertiary/aromatic N) is 1. The highest BCUT2D eigenvalue weighted by molar-refractivity contribution is 6.00. The molecule has 0 aliphatic carbocycles. The van der Waals surface area contributed by atoms with Crippen LogP contribution in [-0.4, -0.2) is 25.5 Å². The molecule has 2 atom stereocenters. The Bertz CT molecular complexity index is 802. The van der Waals surface area contributed by atoms with Crippen molar-refractivity contribution in [2.75, 3.05) is 18.6 Å². The van der Waals surface area contributed by atoms with Crippen molar-refractivity contribution >= 4 is 17.6 Å². The Balaban J connectivity index is 1.68. The molecular formula is C20H19NO4. The third-order valence-corrected chi connectivity index (χ3v) is 5.15. The molecule has 5 heteroatoms. The number of fused-ring (bicyclic) bond motifs is 1. The number of hydrogen-bond acceptors (Lipinski definition) is 4. The van der Waals surface area contributed by atoms with Gasteiger partial charge in [-0.2, -0.15) is 0 Å². The van der Waals surface area contributed by atoms with Crippen molar-refractivity contribution in [3.05, 3.63) is 60.2 Å². The van der Waals surface area contributed by atoms with E-state index in [1.165, 1.54) is 0 Å². The standard InChI is InChI=1S/C20H19NO4/c1-24-16-9-7-15(8-10-16)21-12-11-20(14-5-3-2-4-6-14)17(19(21)23)13-18(22)25-20/h2-10,17H,11-13H2,1H3/t17-,20-/m0/s1. The van der Waals surface area contributed by atoms with Crippen LogP contribution in [0.15, 0.2) is 54.6 Å². The van der Waals surface area contributed by atoms with E-state index in [0.29, 0.717) is 13.0 Å². The molecule has 4 rings (SSSR count). The number of benzene rings is 2. The zero-order chi connectivity index (χ0) is 17.4. The van der Waals surface area contributed by atoms with E-state index in [0.717, 1.165) is 17.0 Å². The summed E-state index contributed by atoms with van der Waals surface area (Å²) in [5, 5.41) is 0. The molecule has 0 spiro atoms. The molecule has 25 heavy (non-hydrogen) atoms. The maximum atomic E-state index is 13.1. The Labute approximate surface area is 146 Å². The van der Waals surface area contributed by atoms with E-state index in [1.54, 1.807) is 12.0 Å². The summed E-state index contributed by atoms with van der Waals surface area (Å²) >= 11 is 0. The first-order valence-corrected chi connectivity index (χ1v) is 8.37. The van der Waals surface area contributed by atoms with Crippen LogP contribution in [0, 0.1) is 5.92 Å². The number of piperidine rings is 1. The number of carbonyl (C=O) groups excluding carboxylic acids is 2. The van der Waals surface area contributed by atoms with Crippen molar-refractivity contribution in [1.29, 1.82) is 0 Å². The van der Waals surface area contributed by atoms with Gasteiger partial charge in [-0.1, -0.05) is 30.3 Å². The normalized spacial score (nSPS) is 25.5. The highest BCUT2D eigenvalue weighted by atomic mass is 16.6. The number of ether oxygens (including phenoxy) is 2. The van der Waals surface area contributed by atoms with Gasteiger partial charge in [0.05, 0.1) is 19.4 Å². The number of esters is 1. The van der Waals surface area contributed by atoms with E-state index in [1.807, 2.05) is 54.6 Å². The minimum absolute atomic E-state index is 0.0638. The molecule has 1 amide bonds. The number of amides is 1. The number of carbonyl (C=O) groups is 2. The molecule has 2 aliphatic rings. The summed E-state index contributed by atoms with van der Waals surface area (Å²) in [5.74, 6) is -0.116. The van der Waals surface area contributed by atoms with Gasteiger partial charge in [-0.25, -0.2) is 0 Å². The average Bonchev–Trinajstić information content (AvgIpc) is 3.01. The van der Waals surface area contributed by atoms with Crippen LogP contribution in [0.25, 0.3) is 0 Å². The topological polar surface area (TPSA) is 55.8 Å². The lowest BCUT2D eigenvalue weighted by atomic mass is 9.75. The fraction of sp³-hybridized carbons (Fsp3) is 0.300. The number of rotatable bonds is 3. The smallest absolute Gasteiger partial charge is 0.307 e. The summed E-state index contributed by atoms with van der Waals surface area (Å²) in [7, 11) is 1.61. The van der Waals surface area contributed by atoms with E-state index >= 15 is 0 Å². The van der Waals surface area contributed by atoms with Gasteiger partial charge in [0.1, 0.15) is 5.75 Å². The van der Waals surface area contributed by atoms with Crippen molar-refractivity contribution in [3.63, 3.8) is 0 Å². The number of anilines is 1. The van der Waals surface area contributed by atoms with E-state index < -0.39 is 11.5 Å². The predicted molar refractivity (Wildman–Crippen MR) is 92.3 cm³/mol. The molecule has 128 valence electrons. The summed E-state index contributed by atoms with van der Waals surface area (Å²) in [5.41, 5.74) is 0.874. The molecule has 0 unspecified atom stereocenters. The molecule has 0 N–H and O–H groups in total. The summed E-state index contributed by atoms with van der Waals surface area (Å²) in [6.45, 7) is 0.504. The third-order valence-electron chi connectivity index (χ3n) is 5.15. The summed E-state index contributed by atoms with van der Waals surface area (Å²) in [4.78, 5) is 26.9. The Kier molecular flexibility index (Phi) is 3.71. The van der Waals surface area contributed by atoms with Gasteiger partial charge in [-0.15, -0.1) is 0 Å². The van der Waals surface area contributed by atoms with Crippen molar-refractivity contribution < 1.29 is 19.1 Å². The van der Waals surface area contributed by atoms with Crippen molar-refractivity contribution in [3.8, 4) is 5.75 Å². The first kappa shape index (κ1) is 15.7. The molecule has 2 saturated heterocycles. The Morgan fingerprint density at radius 1 is 1.08 bits per heavy atom. The molecular weight excluding hydrogens is 318 g/mol. The van der Waals surface area contributed by atoms with Gasteiger partial charge in [0, 0.05) is 18.7 Å². The lowest BCUT2D eigenvalue weighted by molar-refractivity contribution is -0.153. The monoisotopic (exact) mass is 337 g/mol. The van der Waals surface area contributed by atoms with Gasteiger partial charge in [0.25, 0.3) is 0 Å².